The number of rotatable bonds is 2. The van der Waals surface area contributed by atoms with E-state index in [1.54, 1.807) is 18.2 Å². The molecule has 0 bridgehead atoms. The molecular formula is C11H10N2O2. The van der Waals surface area contributed by atoms with Crippen LogP contribution in [0, 0.1) is 25.2 Å². The summed E-state index contributed by atoms with van der Waals surface area (Å²) in [6.07, 6.45) is 1.34. The summed E-state index contributed by atoms with van der Waals surface area (Å²) in [5.41, 5.74) is 1.99. The molecule has 1 aromatic heterocycles. The number of carboxylic acid groups (broad SMARTS) is 1. The molecule has 0 spiro atoms. The summed E-state index contributed by atoms with van der Waals surface area (Å²) in [5.74, 6) is -1.22. The third kappa shape index (κ3) is 2.92. The highest BCUT2D eigenvalue weighted by Gasteiger charge is 2.05. The van der Waals surface area contributed by atoms with Crippen molar-refractivity contribution in [2.75, 3.05) is 0 Å². The van der Waals surface area contributed by atoms with E-state index in [1.807, 2.05) is 13.8 Å². The first-order valence-corrected chi connectivity index (χ1v) is 4.33. The molecule has 0 aliphatic rings. The SMILES string of the molecule is Cc1cc(/C=C(\C#N)C(=O)O)cc(C)n1. The number of nitriles is 1. The van der Waals surface area contributed by atoms with Crippen LogP contribution >= 0.6 is 0 Å². The van der Waals surface area contributed by atoms with Crippen molar-refractivity contribution in [1.82, 2.24) is 4.98 Å². The summed E-state index contributed by atoms with van der Waals surface area (Å²) in [6.45, 7) is 3.63. The number of aryl methyl sites for hydroxylation is 2. The molecule has 15 heavy (non-hydrogen) atoms. The Morgan fingerprint density at radius 3 is 2.40 bits per heavy atom. The van der Waals surface area contributed by atoms with E-state index >= 15 is 0 Å². The zero-order valence-corrected chi connectivity index (χ0v) is 8.48. The van der Waals surface area contributed by atoms with Crippen molar-refractivity contribution in [2.24, 2.45) is 0 Å². The Morgan fingerprint density at radius 1 is 1.47 bits per heavy atom. The first kappa shape index (κ1) is 10.9. The standard InChI is InChI=1S/C11H10N2O2/c1-7-3-9(4-8(2)13-7)5-10(6-12)11(14)15/h3-5H,1-2H3,(H,14,15)/b10-5+. The second-order valence-corrected chi connectivity index (χ2v) is 3.16. The van der Waals surface area contributed by atoms with Crippen molar-refractivity contribution in [3.63, 3.8) is 0 Å². The van der Waals surface area contributed by atoms with E-state index in [1.165, 1.54) is 6.08 Å². The molecule has 0 saturated carbocycles. The third-order valence-electron chi connectivity index (χ3n) is 1.77. The van der Waals surface area contributed by atoms with Crippen LogP contribution in [-0.2, 0) is 4.79 Å². The maximum Gasteiger partial charge on any atom is 0.346 e. The molecule has 1 aromatic rings. The lowest BCUT2D eigenvalue weighted by molar-refractivity contribution is -0.132. The van der Waals surface area contributed by atoms with Gasteiger partial charge in [-0.2, -0.15) is 5.26 Å². The average Bonchev–Trinajstić information content (AvgIpc) is 2.12. The van der Waals surface area contributed by atoms with Gasteiger partial charge in [0.2, 0.25) is 0 Å². The van der Waals surface area contributed by atoms with E-state index in [4.69, 9.17) is 10.4 Å². The van der Waals surface area contributed by atoms with Gasteiger partial charge < -0.3 is 5.11 Å². The van der Waals surface area contributed by atoms with E-state index < -0.39 is 5.97 Å². The molecule has 1 rings (SSSR count). The molecule has 0 fully saturated rings. The summed E-state index contributed by atoms with van der Waals surface area (Å²) in [5, 5.41) is 17.2. The average molecular weight is 202 g/mol. The fraction of sp³-hybridized carbons (Fsp3) is 0.182. The van der Waals surface area contributed by atoms with E-state index in [-0.39, 0.29) is 5.57 Å². The molecule has 4 heteroatoms. The molecular weight excluding hydrogens is 192 g/mol. The fourth-order valence-corrected chi connectivity index (χ4v) is 1.26. The van der Waals surface area contributed by atoms with Gasteiger partial charge in [-0.25, -0.2) is 4.79 Å². The minimum atomic E-state index is -1.22. The van der Waals surface area contributed by atoms with E-state index in [0.29, 0.717) is 5.56 Å². The molecule has 0 aromatic carbocycles. The molecule has 0 atom stereocenters. The van der Waals surface area contributed by atoms with Crippen molar-refractivity contribution in [2.45, 2.75) is 13.8 Å². The first-order valence-electron chi connectivity index (χ1n) is 4.33. The summed E-state index contributed by atoms with van der Waals surface area (Å²) < 4.78 is 0. The number of carbonyl (C=O) groups is 1. The third-order valence-corrected chi connectivity index (χ3v) is 1.77. The highest BCUT2D eigenvalue weighted by molar-refractivity contribution is 5.96. The number of aliphatic carboxylic acids is 1. The van der Waals surface area contributed by atoms with Gasteiger partial charge >= 0.3 is 5.97 Å². The maximum atomic E-state index is 10.6. The molecule has 1 heterocycles. The van der Waals surface area contributed by atoms with Gasteiger partial charge in [0.15, 0.2) is 0 Å². The van der Waals surface area contributed by atoms with Crippen molar-refractivity contribution in [3.8, 4) is 6.07 Å². The van der Waals surface area contributed by atoms with Crippen LogP contribution in [0.25, 0.3) is 6.08 Å². The highest BCUT2D eigenvalue weighted by atomic mass is 16.4. The molecule has 4 nitrogen and oxygen atoms in total. The number of pyridine rings is 1. The lowest BCUT2D eigenvalue weighted by atomic mass is 10.1. The van der Waals surface area contributed by atoms with Crippen molar-refractivity contribution >= 4 is 12.0 Å². The normalized spacial score (nSPS) is 10.9. The Hall–Kier alpha value is -2.15. The Labute approximate surface area is 87.5 Å². The molecule has 0 unspecified atom stereocenters. The number of carboxylic acids is 1. The Morgan fingerprint density at radius 2 is 2.00 bits per heavy atom. The van der Waals surface area contributed by atoms with Gasteiger partial charge in [0, 0.05) is 11.4 Å². The van der Waals surface area contributed by atoms with E-state index in [0.717, 1.165) is 11.4 Å². The molecule has 0 aliphatic carbocycles. The predicted octanol–water partition coefficient (Wildman–Crippen LogP) is 1.69. The minimum absolute atomic E-state index is 0.278. The predicted molar refractivity (Wildman–Crippen MR) is 54.9 cm³/mol. The fourth-order valence-electron chi connectivity index (χ4n) is 1.26. The summed E-state index contributed by atoms with van der Waals surface area (Å²) in [7, 11) is 0. The summed E-state index contributed by atoms with van der Waals surface area (Å²) in [4.78, 5) is 14.8. The van der Waals surface area contributed by atoms with Gasteiger partial charge in [-0.3, -0.25) is 4.98 Å². The number of hydrogen-bond acceptors (Lipinski definition) is 3. The topological polar surface area (TPSA) is 74.0 Å². The van der Waals surface area contributed by atoms with E-state index in [9.17, 15) is 4.79 Å². The largest absolute Gasteiger partial charge is 0.477 e. The van der Waals surface area contributed by atoms with Crippen LogP contribution in [0.1, 0.15) is 17.0 Å². The van der Waals surface area contributed by atoms with Gasteiger partial charge in [-0.15, -0.1) is 0 Å². The quantitative estimate of drug-likeness (QED) is 0.585. The lowest BCUT2D eigenvalue weighted by Crippen LogP contribution is -1.97. The van der Waals surface area contributed by atoms with Crippen molar-refractivity contribution < 1.29 is 9.90 Å². The molecule has 1 N–H and O–H groups in total. The molecule has 0 saturated heterocycles. The zero-order chi connectivity index (χ0) is 11.4. The Balaban J connectivity index is 3.18. The zero-order valence-electron chi connectivity index (χ0n) is 8.48. The first-order chi connectivity index (χ1) is 7.02. The van der Waals surface area contributed by atoms with Gasteiger partial charge in [0.25, 0.3) is 0 Å². The number of aromatic nitrogens is 1. The van der Waals surface area contributed by atoms with Crippen LogP contribution in [0.5, 0.6) is 0 Å². The second-order valence-electron chi connectivity index (χ2n) is 3.16. The number of hydrogen-bond donors (Lipinski definition) is 1. The Bertz CT molecular complexity index is 450. The Kier molecular flexibility index (Phi) is 3.19. The highest BCUT2D eigenvalue weighted by Crippen LogP contribution is 2.09. The smallest absolute Gasteiger partial charge is 0.346 e. The number of nitrogens with zero attached hydrogens (tertiary/aromatic N) is 2. The molecule has 0 radical (unpaired) electrons. The van der Waals surface area contributed by atoms with Crippen LogP contribution in [0.15, 0.2) is 17.7 Å². The summed E-state index contributed by atoms with van der Waals surface area (Å²) >= 11 is 0. The van der Waals surface area contributed by atoms with Crippen LogP contribution in [-0.4, -0.2) is 16.1 Å². The van der Waals surface area contributed by atoms with Gasteiger partial charge in [0.1, 0.15) is 11.6 Å². The second kappa shape index (κ2) is 4.38. The minimum Gasteiger partial charge on any atom is -0.477 e. The van der Waals surface area contributed by atoms with Crippen LogP contribution in [0.2, 0.25) is 0 Å². The van der Waals surface area contributed by atoms with Gasteiger partial charge in [-0.1, -0.05) is 0 Å². The maximum absolute atomic E-state index is 10.6. The monoisotopic (exact) mass is 202 g/mol. The van der Waals surface area contributed by atoms with Gasteiger partial charge in [-0.05, 0) is 37.6 Å². The molecule has 0 aliphatic heterocycles. The summed E-state index contributed by atoms with van der Waals surface area (Å²) in [6, 6.07) is 5.09. The van der Waals surface area contributed by atoms with Crippen LogP contribution in [0.4, 0.5) is 0 Å². The van der Waals surface area contributed by atoms with Crippen molar-refractivity contribution in [3.05, 3.63) is 34.7 Å². The van der Waals surface area contributed by atoms with Gasteiger partial charge in [0.05, 0.1) is 0 Å². The molecule has 76 valence electrons. The van der Waals surface area contributed by atoms with Crippen LogP contribution < -0.4 is 0 Å². The lowest BCUT2D eigenvalue weighted by Gasteiger charge is -1.99. The van der Waals surface area contributed by atoms with Crippen molar-refractivity contribution in [1.29, 1.82) is 5.26 Å². The molecule has 0 amide bonds. The van der Waals surface area contributed by atoms with E-state index in [2.05, 4.69) is 4.98 Å². The van der Waals surface area contributed by atoms with Crippen LogP contribution in [0.3, 0.4) is 0 Å².